The number of nitrogens with zero attached hydrogens (tertiary/aromatic N) is 2. The Morgan fingerprint density at radius 2 is 1.47 bits per heavy atom. The van der Waals surface area contributed by atoms with E-state index < -0.39 is 28.5 Å². The number of rotatable bonds is 13. The molecule has 0 aromatic heterocycles. The van der Waals surface area contributed by atoms with E-state index in [-0.39, 0.29) is 23.8 Å². The smallest absolute Gasteiger partial charge is 0.264 e. The van der Waals surface area contributed by atoms with Crippen LogP contribution >= 0.6 is 15.9 Å². The Hall–Kier alpha value is -3.95. The lowest BCUT2D eigenvalue weighted by molar-refractivity contribution is -0.140. The molecular formula is C34H36BrN3O4S. The third-order valence-corrected chi connectivity index (χ3v) is 9.28. The monoisotopic (exact) mass is 661 g/mol. The van der Waals surface area contributed by atoms with E-state index in [1.807, 2.05) is 74.5 Å². The summed E-state index contributed by atoms with van der Waals surface area (Å²) in [5, 5.41) is 2.96. The molecule has 4 aromatic carbocycles. The van der Waals surface area contributed by atoms with Gasteiger partial charge in [0.05, 0.1) is 10.6 Å². The number of carbonyl (C=O) groups is 2. The fourth-order valence-corrected chi connectivity index (χ4v) is 6.49. The number of amides is 2. The highest BCUT2D eigenvalue weighted by molar-refractivity contribution is 9.10. The molecule has 0 aliphatic heterocycles. The van der Waals surface area contributed by atoms with Crippen LogP contribution in [0.4, 0.5) is 5.69 Å². The first-order valence-electron chi connectivity index (χ1n) is 14.2. The quantitative estimate of drug-likeness (QED) is 0.187. The van der Waals surface area contributed by atoms with Crippen LogP contribution in [-0.2, 0) is 32.6 Å². The van der Waals surface area contributed by atoms with Crippen LogP contribution in [0.3, 0.4) is 0 Å². The average Bonchev–Trinajstić information content (AvgIpc) is 3.01. The Kier molecular flexibility index (Phi) is 11.1. The van der Waals surface area contributed by atoms with Crippen LogP contribution in [0.2, 0.25) is 0 Å². The Bertz CT molecular complexity index is 1610. The maximum absolute atomic E-state index is 14.4. The molecule has 0 spiro atoms. The lowest BCUT2D eigenvalue weighted by atomic mass is 10.0. The Morgan fingerprint density at radius 3 is 2.07 bits per heavy atom. The fourth-order valence-electron chi connectivity index (χ4n) is 4.70. The van der Waals surface area contributed by atoms with E-state index in [2.05, 4.69) is 21.2 Å². The van der Waals surface area contributed by atoms with Gasteiger partial charge in [-0.1, -0.05) is 107 Å². The van der Waals surface area contributed by atoms with E-state index in [9.17, 15) is 18.0 Å². The van der Waals surface area contributed by atoms with Crippen molar-refractivity contribution in [3.63, 3.8) is 0 Å². The van der Waals surface area contributed by atoms with Crippen molar-refractivity contribution in [3.05, 3.63) is 130 Å². The molecule has 0 heterocycles. The fraction of sp³-hybridized carbons (Fsp3) is 0.235. The molecule has 0 saturated carbocycles. The molecule has 0 saturated heterocycles. The Labute approximate surface area is 262 Å². The molecule has 0 fully saturated rings. The SMILES string of the molecule is CCCNC(=O)[C@H](Cc1ccccc1)N(Cc1ccccc1)C(=O)CN(c1cccc(Br)c1)S(=O)(=O)c1ccc(C)cc1. The van der Waals surface area contributed by atoms with Gasteiger partial charge >= 0.3 is 0 Å². The van der Waals surface area contributed by atoms with Crippen molar-refractivity contribution < 1.29 is 18.0 Å². The van der Waals surface area contributed by atoms with E-state index in [1.54, 1.807) is 36.4 Å². The maximum Gasteiger partial charge on any atom is 0.264 e. The van der Waals surface area contributed by atoms with E-state index in [0.29, 0.717) is 16.7 Å². The van der Waals surface area contributed by atoms with Crippen molar-refractivity contribution in [1.29, 1.82) is 0 Å². The number of carbonyl (C=O) groups excluding carboxylic acids is 2. The minimum Gasteiger partial charge on any atom is -0.354 e. The molecule has 1 atom stereocenters. The number of halogens is 1. The summed E-state index contributed by atoms with van der Waals surface area (Å²) in [7, 11) is -4.14. The molecule has 9 heteroatoms. The minimum atomic E-state index is -4.14. The second kappa shape index (κ2) is 15.0. The molecule has 224 valence electrons. The largest absolute Gasteiger partial charge is 0.354 e. The summed E-state index contributed by atoms with van der Waals surface area (Å²) in [6, 6.07) is 31.4. The number of hydrogen-bond donors (Lipinski definition) is 1. The molecule has 4 rings (SSSR count). The number of hydrogen-bond acceptors (Lipinski definition) is 4. The lowest BCUT2D eigenvalue weighted by Crippen LogP contribution is -2.53. The molecule has 0 unspecified atom stereocenters. The van der Waals surface area contributed by atoms with Crippen molar-refractivity contribution in [2.45, 2.75) is 44.2 Å². The highest BCUT2D eigenvalue weighted by Crippen LogP contribution is 2.27. The highest BCUT2D eigenvalue weighted by atomic mass is 79.9. The van der Waals surface area contributed by atoms with Gasteiger partial charge < -0.3 is 10.2 Å². The molecule has 4 aromatic rings. The first kappa shape index (κ1) is 32.0. The van der Waals surface area contributed by atoms with Gasteiger partial charge in [-0.3, -0.25) is 13.9 Å². The molecule has 0 bridgehead atoms. The molecule has 1 N–H and O–H groups in total. The molecule has 2 amide bonds. The number of benzene rings is 4. The number of nitrogens with one attached hydrogen (secondary N) is 1. The van der Waals surface area contributed by atoms with Gasteiger partial charge in [-0.05, 0) is 54.8 Å². The number of sulfonamides is 1. The molecule has 43 heavy (non-hydrogen) atoms. The second-order valence-corrected chi connectivity index (χ2v) is 13.1. The zero-order chi connectivity index (χ0) is 30.8. The summed E-state index contributed by atoms with van der Waals surface area (Å²) >= 11 is 3.44. The molecule has 0 aliphatic rings. The normalized spacial score (nSPS) is 11.9. The second-order valence-electron chi connectivity index (χ2n) is 10.3. The first-order valence-corrected chi connectivity index (χ1v) is 16.4. The van der Waals surface area contributed by atoms with E-state index in [0.717, 1.165) is 27.4 Å². The van der Waals surface area contributed by atoms with E-state index in [1.165, 1.54) is 17.0 Å². The maximum atomic E-state index is 14.4. The van der Waals surface area contributed by atoms with Gasteiger partial charge in [-0.2, -0.15) is 0 Å². The summed E-state index contributed by atoms with van der Waals surface area (Å²) in [6.07, 6.45) is 1.01. The Balaban J connectivity index is 1.78. The third-order valence-electron chi connectivity index (χ3n) is 7.00. The summed E-state index contributed by atoms with van der Waals surface area (Å²) in [5.41, 5.74) is 2.96. The van der Waals surface area contributed by atoms with Crippen molar-refractivity contribution in [1.82, 2.24) is 10.2 Å². The zero-order valence-electron chi connectivity index (χ0n) is 24.3. The standard InChI is InChI=1S/C34H36BrN3O4S/c1-3-21-36-34(40)32(22-27-11-6-4-7-12-27)37(24-28-13-8-5-9-14-28)33(39)25-38(30-16-10-15-29(35)23-30)43(41,42)31-19-17-26(2)18-20-31/h4-20,23,32H,3,21-22,24-25H2,1-2H3,(H,36,40)/t32-/m0/s1. The first-order chi connectivity index (χ1) is 20.7. The van der Waals surface area contributed by atoms with Gasteiger partial charge in [-0.15, -0.1) is 0 Å². The summed E-state index contributed by atoms with van der Waals surface area (Å²) in [6.45, 7) is 3.94. The van der Waals surface area contributed by atoms with Crippen molar-refractivity contribution >= 4 is 43.5 Å². The van der Waals surface area contributed by atoms with Crippen LogP contribution < -0.4 is 9.62 Å². The van der Waals surface area contributed by atoms with Crippen LogP contribution in [-0.4, -0.2) is 44.3 Å². The molecule has 0 aliphatic carbocycles. The minimum absolute atomic E-state index is 0.0713. The van der Waals surface area contributed by atoms with Crippen LogP contribution in [0.25, 0.3) is 0 Å². The highest BCUT2D eigenvalue weighted by Gasteiger charge is 2.34. The predicted octanol–water partition coefficient (Wildman–Crippen LogP) is 6.12. The predicted molar refractivity (Wildman–Crippen MR) is 174 cm³/mol. The van der Waals surface area contributed by atoms with Crippen molar-refractivity contribution in [2.75, 3.05) is 17.4 Å². The van der Waals surface area contributed by atoms with Gasteiger partial charge in [0.15, 0.2) is 0 Å². The molecule has 0 radical (unpaired) electrons. The van der Waals surface area contributed by atoms with Crippen LogP contribution in [0.5, 0.6) is 0 Å². The summed E-state index contributed by atoms with van der Waals surface area (Å²) in [4.78, 5) is 29.6. The van der Waals surface area contributed by atoms with Crippen molar-refractivity contribution in [2.24, 2.45) is 0 Å². The van der Waals surface area contributed by atoms with Gasteiger partial charge in [0.25, 0.3) is 10.0 Å². The van der Waals surface area contributed by atoms with Gasteiger partial charge in [0.2, 0.25) is 11.8 Å². The van der Waals surface area contributed by atoms with Gasteiger partial charge in [0, 0.05) is 24.0 Å². The van der Waals surface area contributed by atoms with Crippen LogP contribution in [0.15, 0.2) is 119 Å². The zero-order valence-corrected chi connectivity index (χ0v) is 26.7. The number of aryl methyl sites for hydroxylation is 1. The van der Waals surface area contributed by atoms with E-state index >= 15 is 0 Å². The molecular weight excluding hydrogens is 626 g/mol. The topological polar surface area (TPSA) is 86.8 Å². The van der Waals surface area contributed by atoms with E-state index in [4.69, 9.17) is 0 Å². The van der Waals surface area contributed by atoms with Crippen molar-refractivity contribution in [3.8, 4) is 0 Å². The Morgan fingerprint density at radius 1 is 0.837 bits per heavy atom. The number of anilines is 1. The molecule has 7 nitrogen and oxygen atoms in total. The van der Waals surface area contributed by atoms with Gasteiger partial charge in [-0.25, -0.2) is 8.42 Å². The average molecular weight is 663 g/mol. The lowest BCUT2D eigenvalue weighted by Gasteiger charge is -2.34. The van der Waals surface area contributed by atoms with Gasteiger partial charge in [0.1, 0.15) is 12.6 Å². The third kappa shape index (κ3) is 8.55. The summed E-state index contributed by atoms with van der Waals surface area (Å²) in [5.74, 6) is -0.780. The van der Waals surface area contributed by atoms with Crippen LogP contribution in [0, 0.1) is 6.92 Å². The van der Waals surface area contributed by atoms with Crippen LogP contribution in [0.1, 0.15) is 30.0 Å². The summed E-state index contributed by atoms with van der Waals surface area (Å²) < 4.78 is 29.9.